The second-order valence-corrected chi connectivity index (χ2v) is 6.74. The first-order valence-electron chi connectivity index (χ1n) is 5.83. The lowest BCUT2D eigenvalue weighted by atomic mass is 10.2. The normalized spacial score (nSPS) is 16.5. The van der Waals surface area contributed by atoms with E-state index >= 15 is 0 Å². The average Bonchev–Trinajstić information content (AvgIpc) is 2.72. The summed E-state index contributed by atoms with van der Waals surface area (Å²) in [4.78, 5) is 36.1. The van der Waals surface area contributed by atoms with Gasteiger partial charge in [-0.2, -0.15) is 0 Å². The minimum atomic E-state index is -0.675. The van der Waals surface area contributed by atoms with Gasteiger partial charge in [-0.3, -0.25) is 19.3 Å². The van der Waals surface area contributed by atoms with Crippen LogP contribution in [0.15, 0.2) is 17.0 Å². The van der Waals surface area contributed by atoms with Crippen molar-refractivity contribution in [1.82, 2.24) is 4.90 Å². The van der Waals surface area contributed by atoms with Crippen molar-refractivity contribution < 1.29 is 24.2 Å². The van der Waals surface area contributed by atoms with Crippen LogP contribution in [-0.4, -0.2) is 40.8 Å². The zero-order valence-electron chi connectivity index (χ0n) is 11.1. The van der Waals surface area contributed by atoms with E-state index in [1.165, 1.54) is 19.3 Å². The number of carbonyl (C=O) groups is 3. The molecule has 0 aromatic heterocycles. The van der Waals surface area contributed by atoms with E-state index in [9.17, 15) is 19.5 Å². The van der Waals surface area contributed by atoms with E-state index in [4.69, 9.17) is 11.6 Å². The number of benzene rings is 1. The number of hydrogen-bond donors (Lipinski definition) is 1. The Morgan fingerprint density at radius 3 is 2.77 bits per heavy atom. The third-order valence-corrected chi connectivity index (χ3v) is 4.74. The Morgan fingerprint density at radius 1 is 1.50 bits per heavy atom. The first kappa shape index (κ1) is 17.1. The molecule has 1 saturated heterocycles. The number of esters is 1. The molecular formula is C13H9ClINO5S. The molecule has 0 unspecified atom stereocenters. The molecule has 1 fully saturated rings. The first-order valence-corrected chi connectivity index (χ1v) is 8.11. The molecular weight excluding hydrogens is 445 g/mol. The molecule has 1 aliphatic heterocycles. The van der Waals surface area contributed by atoms with Gasteiger partial charge in [-0.15, -0.1) is 0 Å². The van der Waals surface area contributed by atoms with E-state index in [0.29, 0.717) is 9.13 Å². The summed E-state index contributed by atoms with van der Waals surface area (Å²) < 4.78 is 4.97. The van der Waals surface area contributed by atoms with Crippen molar-refractivity contribution in [3.8, 4) is 5.75 Å². The summed E-state index contributed by atoms with van der Waals surface area (Å²) in [5.74, 6) is -1.29. The summed E-state index contributed by atoms with van der Waals surface area (Å²) >= 11 is 8.50. The fourth-order valence-corrected chi connectivity index (χ4v) is 3.53. The number of imide groups is 1. The zero-order valence-corrected chi connectivity index (χ0v) is 14.9. The number of hydrogen-bond acceptors (Lipinski definition) is 6. The van der Waals surface area contributed by atoms with Gasteiger partial charge in [-0.25, -0.2) is 0 Å². The predicted molar refractivity (Wildman–Crippen MR) is 90.5 cm³/mol. The number of aromatic hydroxyl groups is 1. The SMILES string of the molecule is COC(=O)CN1C(=O)S/C(=C\c2cc(Cl)c(O)c(I)c2)C1=O. The molecule has 1 heterocycles. The number of ether oxygens (including phenoxy) is 1. The van der Waals surface area contributed by atoms with Gasteiger partial charge in [0.1, 0.15) is 12.3 Å². The lowest BCUT2D eigenvalue weighted by molar-refractivity contribution is -0.143. The number of halogens is 2. The first-order chi connectivity index (χ1) is 10.3. The van der Waals surface area contributed by atoms with Crippen molar-refractivity contribution in [2.24, 2.45) is 0 Å². The van der Waals surface area contributed by atoms with Crippen molar-refractivity contribution in [2.45, 2.75) is 0 Å². The van der Waals surface area contributed by atoms with Gasteiger partial charge in [0.2, 0.25) is 0 Å². The molecule has 6 nitrogen and oxygen atoms in total. The van der Waals surface area contributed by atoms with Crippen LogP contribution in [0.4, 0.5) is 4.79 Å². The topological polar surface area (TPSA) is 83.9 Å². The monoisotopic (exact) mass is 453 g/mol. The highest BCUT2D eigenvalue weighted by Gasteiger charge is 2.36. The Balaban J connectivity index is 2.28. The molecule has 1 aromatic rings. The number of phenols is 1. The van der Waals surface area contributed by atoms with E-state index in [-0.39, 0.29) is 15.7 Å². The summed E-state index contributed by atoms with van der Waals surface area (Å²) in [6, 6.07) is 3.10. The summed E-state index contributed by atoms with van der Waals surface area (Å²) in [6.45, 7) is -0.424. The molecule has 1 aliphatic rings. The average molecular weight is 454 g/mol. The summed E-state index contributed by atoms with van der Waals surface area (Å²) in [6.07, 6.45) is 1.48. The highest BCUT2D eigenvalue weighted by molar-refractivity contribution is 14.1. The number of amides is 2. The van der Waals surface area contributed by atoms with Gasteiger partial charge >= 0.3 is 5.97 Å². The number of thioether (sulfide) groups is 1. The van der Waals surface area contributed by atoms with Gasteiger partial charge in [-0.1, -0.05) is 11.6 Å². The van der Waals surface area contributed by atoms with Crippen LogP contribution in [0.2, 0.25) is 5.02 Å². The van der Waals surface area contributed by atoms with E-state index in [1.807, 2.05) is 22.6 Å². The van der Waals surface area contributed by atoms with Crippen LogP contribution in [-0.2, 0) is 14.3 Å². The van der Waals surface area contributed by atoms with Crippen molar-refractivity contribution in [3.05, 3.63) is 31.2 Å². The molecule has 2 rings (SSSR count). The van der Waals surface area contributed by atoms with Gasteiger partial charge in [0, 0.05) is 0 Å². The minimum Gasteiger partial charge on any atom is -0.505 e. The highest BCUT2D eigenvalue weighted by Crippen LogP contribution is 2.35. The molecule has 1 aromatic carbocycles. The number of carbonyl (C=O) groups excluding carboxylic acids is 3. The molecule has 0 radical (unpaired) electrons. The minimum absolute atomic E-state index is 0.0433. The molecule has 22 heavy (non-hydrogen) atoms. The van der Waals surface area contributed by atoms with E-state index in [1.54, 1.807) is 6.07 Å². The van der Waals surface area contributed by atoms with E-state index in [0.717, 1.165) is 16.7 Å². The number of rotatable bonds is 3. The lowest BCUT2D eigenvalue weighted by Crippen LogP contribution is -2.34. The molecule has 0 bridgehead atoms. The summed E-state index contributed by atoms with van der Waals surface area (Å²) in [7, 11) is 1.18. The third kappa shape index (κ3) is 3.55. The molecule has 0 aliphatic carbocycles. The highest BCUT2D eigenvalue weighted by atomic mass is 127. The summed E-state index contributed by atoms with van der Waals surface area (Å²) in [5.41, 5.74) is 0.566. The van der Waals surface area contributed by atoms with Crippen molar-refractivity contribution >= 4 is 69.1 Å². The molecule has 0 atom stereocenters. The van der Waals surface area contributed by atoms with Crippen LogP contribution < -0.4 is 0 Å². The number of nitrogens with zero attached hydrogens (tertiary/aromatic N) is 1. The maximum atomic E-state index is 12.1. The maximum absolute atomic E-state index is 12.1. The van der Waals surface area contributed by atoms with Crippen LogP contribution in [0.5, 0.6) is 5.75 Å². The molecule has 2 amide bonds. The summed E-state index contributed by atoms with van der Waals surface area (Å²) in [5, 5.41) is 9.21. The standard InChI is InChI=1S/C13H9ClINO5S/c1-21-10(17)5-16-12(19)9(22-13(16)20)4-6-2-7(14)11(18)8(15)3-6/h2-4,18H,5H2,1H3/b9-4-. The molecule has 9 heteroatoms. The Kier molecular flexibility index (Phi) is 5.35. The smallest absolute Gasteiger partial charge is 0.325 e. The Morgan fingerprint density at radius 2 is 2.18 bits per heavy atom. The van der Waals surface area contributed by atoms with Gasteiger partial charge in [0.15, 0.2) is 0 Å². The van der Waals surface area contributed by atoms with Crippen LogP contribution in [0.1, 0.15) is 5.56 Å². The predicted octanol–water partition coefficient (Wildman–Crippen LogP) is 2.86. The van der Waals surface area contributed by atoms with E-state index in [2.05, 4.69) is 4.74 Å². The Labute approximate surface area is 148 Å². The third-order valence-electron chi connectivity index (χ3n) is 2.73. The van der Waals surface area contributed by atoms with Crippen molar-refractivity contribution in [2.75, 3.05) is 13.7 Å². The number of methoxy groups -OCH3 is 1. The second-order valence-electron chi connectivity index (χ2n) is 4.18. The van der Waals surface area contributed by atoms with Gasteiger partial charge < -0.3 is 9.84 Å². The van der Waals surface area contributed by atoms with Gasteiger partial charge in [0.05, 0.1) is 20.6 Å². The fraction of sp³-hybridized carbons (Fsp3) is 0.154. The Bertz CT molecular complexity index is 683. The van der Waals surface area contributed by atoms with Crippen LogP contribution in [0.3, 0.4) is 0 Å². The zero-order chi connectivity index (χ0) is 16.4. The molecule has 1 N–H and O–H groups in total. The second kappa shape index (κ2) is 6.88. The quantitative estimate of drug-likeness (QED) is 0.430. The van der Waals surface area contributed by atoms with Gasteiger partial charge in [-0.05, 0) is 58.1 Å². The number of phenolic OH excluding ortho intramolecular Hbond substituents is 1. The van der Waals surface area contributed by atoms with Gasteiger partial charge in [0.25, 0.3) is 11.1 Å². The van der Waals surface area contributed by atoms with E-state index < -0.39 is 23.7 Å². The van der Waals surface area contributed by atoms with Crippen LogP contribution in [0, 0.1) is 3.57 Å². The maximum Gasteiger partial charge on any atom is 0.325 e. The largest absolute Gasteiger partial charge is 0.505 e. The molecule has 0 saturated carbocycles. The lowest BCUT2D eigenvalue weighted by Gasteiger charge is -2.09. The molecule has 116 valence electrons. The molecule has 0 spiro atoms. The van der Waals surface area contributed by atoms with Crippen molar-refractivity contribution in [1.29, 1.82) is 0 Å². The van der Waals surface area contributed by atoms with Crippen LogP contribution >= 0.6 is 46.0 Å². The fourth-order valence-electron chi connectivity index (χ4n) is 1.65. The van der Waals surface area contributed by atoms with Crippen molar-refractivity contribution in [3.63, 3.8) is 0 Å². The Hall–Kier alpha value is -1.26. The van der Waals surface area contributed by atoms with Crippen LogP contribution in [0.25, 0.3) is 6.08 Å².